The van der Waals surface area contributed by atoms with Gasteiger partial charge in [-0.2, -0.15) is 5.26 Å². The summed E-state index contributed by atoms with van der Waals surface area (Å²) in [6, 6.07) is 1.88. The van der Waals surface area contributed by atoms with E-state index in [4.69, 9.17) is 10.4 Å². The van der Waals surface area contributed by atoms with E-state index in [-0.39, 0.29) is 25.4 Å². The lowest BCUT2D eigenvalue weighted by molar-refractivity contribution is -0.143. The van der Waals surface area contributed by atoms with Crippen LogP contribution < -0.4 is 10.6 Å². The highest BCUT2D eigenvalue weighted by Gasteiger charge is 2.26. The van der Waals surface area contributed by atoms with Crippen LogP contribution in [-0.2, 0) is 9.59 Å². The van der Waals surface area contributed by atoms with Crippen LogP contribution >= 0.6 is 0 Å². The highest BCUT2D eigenvalue weighted by atomic mass is 16.4. The zero-order valence-electron chi connectivity index (χ0n) is 8.83. The van der Waals surface area contributed by atoms with Crippen LogP contribution in [0.3, 0.4) is 0 Å². The van der Waals surface area contributed by atoms with Gasteiger partial charge in [0.25, 0.3) is 0 Å². The second-order valence-corrected chi connectivity index (χ2v) is 3.54. The van der Waals surface area contributed by atoms with Gasteiger partial charge in [0, 0.05) is 6.54 Å². The Morgan fingerprint density at radius 1 is 1.47 bits per heavy atom. The first-order valence-corrected chi connectivity index (χ1v) is 4.52. The fourth-order valence-electron chi connectivity index (χ4n) is 0.697. The van der Waals surface area contributed by atoms with Gasteiger partial charge in [-0.1, -0.05) is 0 Å². The van der Waals surface area contributed by atoms with Crippen LogP contribution in [0.5, 0.6) is 0 Å². The third kappa shape index (κ3) is 5.65. The average molecular weight is 213 g/mol. The minimum Gasteiger partial charge on any atom is -0.480 e. The van der Waals surface area contributed by atoms with E-state index in [1.165, 1.54) is 13.8 Å². The number of nitrogens with one attached hydrogen (secondary N) is 2. The molecule has 0 saturated carbocycles. The van der Waals surface area contributed by atoms with Gasteiger partial charge >= 0.3 is 5.97 Å². The summed E-state index contributed by atoms with van der Waals surface area (Å²) in [6.07, 6.45) is 0.244. The fraction of sp³-hybridized carbons (Fsp3) is 0.667. The topological polar surface area (TPSA) is 102 Å². The number of carboxylic acids is 1. The summed E-state index contributed by atoms with van der Waals surface area (Å²) in [6.45, 7) is 3.14. The number of carboxylic acid groups (broad SMARTS) is 1. The number of carbonyl (C=O) groups is 2. The third-order valence-electron chi connectivity index (χ3n) is 1.78. The van der Waals surface area contributed by atoms with Gasteiger partial charge in [-0.05, 0) is 13.8 Å². The minimum atomic E-state index is -1.13. The first-order valence-electron chi connectivity index (χ1n) is 4.52. The minimum absolute atomic E-state index is 0.0786. The molecule has 3 N–H and O–H groups in total. The molecule has 0 aliphatic heterocycles. The van der Waals surface area contributed by atoms with Gasteiger partial charge < -0.3 is 10.4 Å². The zero-order valence-corrected chi connectivity index (χ0v) is 8.83. The van der Waals surface area contributed by atoms with Gasteiger partial charge in [-0.3, -0.25) is 14.9 Å². The van der Waals surface area contributed by atoms with E-state index in [9.17, 15) is 9.59 Å². The molecule has 0 radical (unpaired) electrons. The number of amides is 1. The molecule has 0 saturated heterocycles. The number of carbonyl (C=O) groups excluding carboxylic acids is 1. The molecule has 0 atom stereocenters. The van der Waals surface area contributed by atoms with Crippen LogP contribution in [0.1, 0.15) is 20.3 Å². The van der Waals surface area contributed by atoms with Crippen LogP contribution in [-0.4, -0.2) is 35.6 Å². The Kier molecular flexibility index (Phi) is 5.34. The lowest BCUT2D eigenvalue weighted by atomic mass is 10.1. The summed E-state index contributed by atoms with van der Waals surface area (Å²) in [4.78, 5) is 21.8. The van der Waals surface area contributed by atoms with E-state index in [0.29, 0.717) is 0 Å². The van der Waals surface area contributed by atoms with E-state index in [0.717, 1.165) is 0 Å². The largest absolute Gasteiger partial charge is 0.480 e. The summed E-state index contributed by atoms with van der Waals surface area (Å²) in [7, 11) is 0. The average Bonchev–Trinajstić information content (AvgIpc) is 2.15. The maximum Gasteiger partial charge on any atom is 0.323 e. The number of hydrogen-bond donors (Lipinski definition) is 3. The Morgan fingerprint density at radius 3 is 2.53 bits per heavy atom. The second kappa shape index (κ2) is 5.98. The maximum absolute atomic E-state index is 11.1. The van der Waals surface area contributed by atoms with Gasteiger partial charge in [0.05, 0.1) is 19.0 Å². The molecule has 0 aromatic heterocycles. The summed E-state index contributed by atoms with van der Waals surface area (Å²) in [5.41, 5.74) is -1.13. The van der Waals surface area contributed by atoms with E-state index in [1.807, 2.05) is 6.07 Å². The van der Waals surface area contributed by atoms with Crippen molar-refractivity contribution in [1.29, 1.82) is 5.26 Å². The maximum atomic E-state index is 11.1. The molecule has 6 nitrogen and oxygen atoms in total. The van der Waals surface area contributed by atoms with Gasteiger partial charge in [-0.25, -0.2) is 0 Å². The number of rotatable bonds is 6. The molecule has 0 aliphatic rings. The molecule has 0 heterocycles. The third-order valence-corrected chi connectivity index (χ3v) is 1.78. The number of aliphatic carboxylic acids is 1. The van der Waals surface area contributed by atoms with Gasteiger partial charge in [0.15, 0.2) is 0 Å². The van der Waals surface area contributed by atoms with Crippen molar-refractivity contribution < 1.29 is 14.7 Å². The first-order chi connectivity index (χ1) is 6.90. The predicted octanol–water partition coefficient (Wildman–Crippen LogP) is -0.531. The smallest absolute Gasteiger partial charge is 0.323 e. The van der Waals surface area contributed by atoms with Crippen molar-refractivity contribution in [2.24, 2.45) is 0 Å². The van der Waals surface area contributed by atoms with Crippen LogP contribution in [0.25, 0.3) is 0 Å². The molecular formula is C9H15N3O3. The zero-order chi connectivity index (χ0) is 11.9. The molecule has 0 unspecified atom stereocenters. The Bertz CT molecular complexity index is 281. The van der Waals surface area contributed by atoms with E-state index >= 15 is 0 Å². The van der Waals surface area contributed by atoms with Gasteiger partial charge in [0.2, 0.25) is 5.91 Å². The Hall–Kier alpha value is -1.61. The van der Waals surface area contributed by atoms with Crippen molar-refractivity contribution in [3.05, 3.63) is 0 Å². The SMILES string of the molecule is CC(C)(NCC(=O)NCCC#N)C(=O)O. The summed E-state index contributed by atoms with van der Waals surface area (Å²) in [5, 5.41) is 22.0. The fourth-order valence-corrected chi connectivity index (χ4v) is 0.697. The summed E-state index contributed by atoms with van der Waals surface area (Å²) >= 11 is 0. The van der Waals surface area contributed by atoms with Crippen LogP contribution in [0.4, 0.5) is 0 Å². The van der Waals surface area contributed by atoms with Gasteiger partial charge in [0.1, 0.15) is 5.54 Å². The highest BCUT2D eigenvalue weighted by Crippen LogP contribution is 2.00. The quantitative estimate of drug-likeness (QED) is 0.515. The Balaban J connectivity index is 3.81. The van der Waals surface area contributed by atoms with Gasteiger partial charge in [-0.15, -0.1) is 0 Å². The van der Waals surface area contributed by atoms with Crippen molar-refractivity contribution >= 4 is 11.9 Å². The molecule has 15 heavy (non-hydrogen) atoms. The molecule has 0 rings (SSSR count). The molecule has 0 aliphatic carbocycles. The van der Waals surface area contributed by atoms with Crippen molar-refractivity contribution in [3.63, 3.8) is 0 Å². The number of nitriles is 1. The summed E-state index contributed by atoms with van der Waals surface area (Å²) < 4.78 is 0. The molecule has 0 aromatic rings. The van der Waals surface area contributed by atoms with Crippen molar-refractivity contribution in [1.82, 2.24) is 10.6 Å². The summed E-state index contributed by atoms with van der Waals surface area (Å²) in [5.74, 6) is -1.34. The number of hydrogen-bond acceptors (Lipinski definition) is 4. The van der Waals surface area contributed by atoms with E-state index in [1.54, 1.807) is 0 Å². The number of nitrogens with zero attached hydrogens (tertiary/aromatic N) is 1. The molecule has 0 fully saturated rings. The normalized spacial score (nSPS) is 10.5. The molecule has 6 heteroatoms. The van der Waals surface area contributed by atoms with Crippen molar-refractivity contribution in [2.75, 3.05) is 13.1 Å². The van der Waals surface area contributed by atoms with E-state index < -0.39 is 11.5 Å². The monoisotopic (exact) mass is 213 g/mol. The second-order valence-electron chi connectivity index (χ2n) is 3.54. The van der Waals surface area contributed by atoms with Crippen LogP contribution in [0, 0.1) is 11.3 Å². The molecule has 0 bridgehead atoms. The van der Waals surface area contributed by atoms with E-state index in [2.05, 4.69) is 10.6 Å². The lowest BCUT2D eigenvalue weighted by Gasteiger charge is -2.20. The highest BCUT2D eigenvalue weighted by molar-refractivity contribution is 5.81. The predicted molar refractivity (Wildman–Crippen MR) is 53.0 cm³/mol. The Morgan fingerprint density at radius 2 is 2.07 bits per heavy atom. The van der Waals surface area contributed by atoms with Crippen molar-refractivity contribution in [3.8, 4) is 6.07 Å². The molecule has 84 valence electrons. The first kappa shape index (κ1) is 13.4. The molecule has 1 amide bonds. The standard InChI is InChI=1S/C9H15N3O3/c1-9(2,8(14)15)12-6-7(13)11-5-3-4-10/h12H,3,5-6H2,1-2H3,(H,11,13)(H,14,15). The van der Waals surface area contributed by atoms with Crippen molar-refractivity contribution in [2.45, 2.75) is 25.8 Å². The Labute approximate surface area is 88.3 Å². The van der Waals surface area contributed by atoms with Crippen LogP contribution in [0.15, 0.2) is 0 Å². The molecule has 0 spiro atoms. The molecular weight excluding hydrogens is 198 g/mol. The lowest BCUT2D eigenvalue weighted by Crippen LogP contribution is -2.50. The molecule has 0 aromatic carbocycles. The van der Waals surface area contributed by atoms with Crippen LogP contribution in [0.2, 0.25) is 0 Å².